The van der Waals surface area contributed by atoms with Crippen molar-refractivity contribution in [2.24, 2.45) is 0 Å². The molecule has 0 aliphatic heterocycles. The number of fused-ring (bicyclic) bond motifs is 5. The normalized spacial score (nSPS) is 12.9. The molecular weight excluding hydrogens is 510 g/mol. The molecule has 0 bridgehead atoms. The lowest BCUT2D eigenvalue weighted by atomic mass is 10.1. The monoisotopic (exact) mass is 539 g/mol. The summed E-state index contributed by atoms with van der Waals surface area (Å²) < 4.78 is 23.8. The van der Waals surface area contributed by atoms with Crippen molar-refractivity contribution in [3.05, 3.63) is 163 Å². The van der Waals surface area contributed by atoms with Gasteiger partial charge in [0.25, 0.3) is 0 Å². The van der Waals surface area contributed by atoms with Crippen LogP contribution in [0.5, 0.6) is 0 Å². The summed E-state index contributed by atoms with van der Waals surface area (Å²) in [6.45, 7) is 0. The summed E-state index contributed by atoms with van der Waals surface area (Å²) in [6, 6.07) is 51.7. The zero-order valence-electron chi connectivity index (χ0n) is 24.8. The van der Waals surface area contributed by atoms with E-state index in [-0.39, 0.29) is 12.1 Å². The van der Waals surface area contributed by atoms with Crippen LogP contribution < -0.4 is 4.90 Å². The fourth-order valence-electron chi connectivity index (χ4n) is 5.72. The van der Waals surface area contributed by atoms with E-state index >= 15 is 0 Å². The molecule has 1 heterocycles. The molecule has 42 heavy (non-hydrogen) atoms. The summed E-state index contributed by atoms with van der Waals surface area (Å²) in [6.07, 6.45) is 0. The van der Waals surface area contributed by atoms with Crippen LogP contribution in [-0.2, 0) is 0 Å². The maximum atomic E-state index is 8.93. The number of furan rings is 1. The molecule has 0 amide bonds. The molecule has 8 rings (SSSR count). The highest BCUT2D eigenvalue weighted by molar-refractivity contribution is 6.05. The second-order valence-electron chi connectivity index (χ2n) is 10.5. The van der Waals surface area contributed by atoms with Gasteiger partial charge in [0.1, 0.15) is 11.2 Å². The number of hydrogen-bond donors (Lipinski definition) is 0. The molecule has 8 aromatic rings. The number of rotatable bonds is 5. The summed E-state index contributed by atoms with van der Waals surface area (Å²) in [5.41, 5.74) is 6.05. The quantitative estimate of drug-likeness (QED) is 0.202. The van der Waals surface area contributed by atoms with Crippen LogP contribution in [0.2, 0.25) is 0 Å². The van der Waals surface area contributed by atoms with E-state index in [1.807, 2.05) is 66.7 Å². The Morgan fingerprint density at radius 1 is 0.429 bits per heavy atom. The Hall–Kier alpha value is -5.60. The van der Waals surface area contributed by atoms with Crippen molar-refractivity contribution < 1.29 is 7.16 Å². The molecule has 0 fully saturated rings. The highest BCUT2D eigenvalue weighted by Crippen LogP contribution is 2.37. The third-order valence-corrected chi connectivity index (χ3v) is 7.84. The van der Waals surface area contributed by atoms with Gasteiger partial charge >= 0.3 is 0 Å². The van der Waals surface area contributed by atoms with Crippen molar-refractivity contribution in [1.29, 1.82) is 0 Å². The highest BCUT2D eigenvalue weighted by atomic mass is 16.3. The molecule has 0 spiro atoms. The molecule has 0 saturated carbocycles. The summed E-state index contributed by atoms with van der Waals surface area (Å²) in [5.74, 6) is 0. The first-order chi connectivity index (χ1) is 21.6. The van der Waals surface area contributed by atoms with Gasteiger partial charge in [-0.3, -0.25) is 0 Å². The minimum Gasteiger partial charge on any atom is -0.456 e. The predicted octanol–water partition coefficient (Wildman–Crippen LogP) is 11.5. The summed E-state index contributed by atoms with van der Waals surface area (Å²) in [5, 5.41) is 6.69. The van der Waals surface area contributed by atoms with Crippen molar-refractivity contribution in [2.75, 3.05) is 4.90 Å². The molecule has 0 radical (unpaired) electrons. The largest absolute Gasteiger partial charge is 0.456 e. The van der Waals surface area contributed by atoms with Gasteiger partial charge in [-0.05, 0) is 87.3 Å². The van der Waals surface area contributed by atoms with Crippen molar-refractivity contribution in [1.82, 2.24) is 0 Å². The number of anilines is 3. The van der Waals surface area contributed by atoms with Crippen molar-refractivity contribution in [3.8, 4) is 0 Å². The molecule has 0 saturated heterocycles. The van der Waals surface area contributed by atoms with E-state index < -0.39 is 0 Å². The Morgan fingerprint density at radius 2 is 0.952 bits per heavy atom. The molecule has 0 unspecified atom stereocenters. The fraction of sp³-hybridized carbons (Fsp3) is 0. The van der Waals surface area contributed by atoms with Gasteiger partial charge < -0.3 is 9.32 Å². The van der Waals surface area contributed by atoms with E-state index in [1.54, 1.807) is 0 Å². The molecule has 0 aliphatic rings. The number of benzene rings is 7. The Morgan fingerprint density at radius 3 is 1.64 bits per heavy atom. The van der Waals surface area contributed by atoms with E-state index in [0.29, 0.717) is 11.1 Å². The van der Waals surface area contributed by atoms with Crippen LogP contribution in [0.1, 0.15) is 13.9 Å². The molecule has 2 nitrogen and oxygen atoms in total. The van der Waals surface area contributed by atoms with E-state index in [1.165, 1.54) is 21.5 Å². The molecule has 0 aliphatic carbocycles. The Kier molecular flexibility index (Phi) is 5.32. The summed E-state index contributed by atoms with van der Waals surface area (Å²) in [7, 11) is 0. The van der Waals surface area contributed by atoms with Crippen molar-refractivity contribution in [2.45, 2.75) is 0 Å². The van der Waals surface area contributed by atoms with Crippen molar-refractivity contribution in [3.63, 3.8) is 0 Å². The maximum Gasteiger partial charge on any atom is 0.135 e. The van der Waals surface area contributed by atoms with Crippen LogP contribution in [0.25, 0.3) is 55.6 Å². The minimum atomic E-state index is 0.172. The van der Waals surface area contributed by atoms with Crippen molar-refractivity contribution >= 4 is 72.6 Å². The van der Waals surface area contributed by atoms with Gasteiger partial charge in [0.05, 0.1) is 2.74 Å². The lowest BCUT2D eigenvalue weighted by Gasteiger charge is -2.26. The lowest BCUT2D eigenvalue weighted by Crippen LogP contribution is -2.09. The highest BCUT2D eigenvalue weighted by Gasteiger charge is 2.14. The Balaban J connectivity index is 1.20. The van der Waals surface area contributed by atoms with E-state index in [4.69, 9.17) is 7.16 Å². The molecule has 1 aromatic heterocycles. The van der Waals surface area contributed by atoms with Gasteiger partial charge in [0.2, 0.25) is 0 Å². The SMILES string of the molecule is [2H]/C(=C(/[2H])c1ccc2oc3ccccc3c2c1)c1ccc(N(c2ccc3ccccc3c2)c2ccc3ccccc3c2)cc1. The van der Waals surface area contributed by atoms with E-state index in [9.17, 15) is 0 Å². The van der Waals surface area contributed by atoms with Gasteiger partial charge in [-0.15, -0.1) is 0 Å². The van der Waals surface area contributed by atoms with Crippen LogP contribution >= 0.6 is 0 Å². The third-order valence-electron chi connectivity index (χ3n) is 7.84. The van der Waals surface area contributed by atoms with E-state index in [2.05, 4.69) is 89.8 Å². The predicted molar refractivity (Wildman–Crippen MR) is 179 cm³/mol. The average molecular weight is 540 g/mol. The summed E-state index contributed by atoms with van der Waals surface area (Å²) in [4.78, 5) is 2.25. The van der Waals surface area contributed by atoms with Gasteiger partial charge in [-0.25, -0.2) is 0 Å². The number of hydrogen-bond acceptors (Lipinski definition) is 2. The molecule has 198 valence electrons. The average Bonchev–Trinajstić information content (AvgIpc) is 3.46. The lowest BCUT2D eigenvalue weighted by molar-refractivity contribution is 0.669. The minimum absolute atomic E-state index is 0.172. The van der Waals surface area contributed by atoms with Gasteiger partial charge in [-0.2, -0.15) is 0 Å². The van der Waals surface area contributed by atoms with Gasteiger partial charge in [0.15, 0.2) is 0 Å². The zero-order chi connectivity index (χ0) is 29.6. The first-order valence-electron chi connectivity index (χ1n) is 15.1. The van der Waals surface area contributed by atoms with Crippen LogP contribution in [0, 0.1) is 0 Å². The molecule has 0 atom stereocenters. The first kappa shape index (κ1) is 22.1. The van der Waals surface area contributed by atoms with Gasteiger partial charge in [0, 0.05) is 27.8 Å². The Bertz CT molecular complexity index is 2290. The second-order valence-corrected chi connectivity index (χ2v) is 10.5. The van der Waals surface area contributed by atoms with Crippen LogP contribution in [-0.4, -0.2) is 0 Å². The molecule has 7 aromatic carbocycles. The Labute approximate surface area is 247 Å². The molecule has 0 N–H and O–H groups in total. The molecule has 2 heteroatoms. The maximum absolute atomic E-state index is 8.93. The topological polar surface area (TPSA) is 16.4 Å². The standard InChI is InChI=1S/C40H27NO/c1-3-9-32-26-35(22-18-30(32)7-1)41(36-23-19-31-8-2-4-10-33(31)27-36)34-20-15-28(16-21-34)13-14-29-17-24-40-38(25-29)37-11-5-6-12-39(37)42-40/h1-27H/b14-13+/i13D,14D. The third kappa shape index (κ3) is 4.40. The van der Waals surface area contributed by atoms with Gasteiger partial charge in [-0.1, -0.05) is 109 Å². The van der Waals surface area contributed by atoms with E-state index in [0.717, 1.165) is 39.0 Å². The smallest absolute Gasteiger partial charge is 0.135 e. The number of nitrogens with zero attached hydrogens (tertiary/aromatic N) is 1. The van der Waals surface area contributed by atoms with Crippen LogP contribution in [0.15, 0.2) is 156 Å². The summed E-state index contributed by atoms with van der Waals surface area (Å²) >= 11 is 0. The number of para-hydroxylation sites is 1. The second kappa shape index (κ2) is 10.1. The molecular formula is C40H27NO. The first-order valence-corrected chi connectivity index (χ1v) is 14.1. The fourth-order valence-corrected chi connectivity index (χ4v) is 5.72. The van der Waals surface area contributed by atoms with Crippen LogP contribution in [0.3, 0.4) is 0 Å². The zero-order valence-corrected chi connectivity index (χ0v) is 22.8. The van der Waals surface area contributed by atoms with Crippen LogP contribution in [0.4, 0.5) is 17.1 Å².